The van der Waals surface area contributed by atoms with Crippen LogP contribution >= 0.6 is 0 Å². The fourth-order valence-corrected chi connectivity index (χ4v) is 3.30. The molecule has 0 spiro atoms. The molecule has 1 unspecified atom stereocenters. The van der Waals surface area contributed by atoms with Gasteiger partial charge in [0.15, 0.2) is 0 Å². The number of nitrogens with zero attached hydrogens (tertiary/aromatic N) is 2. The van der Waals surface area contributed by atoms with Crippen LogP contribution in [0.3, 0.4) is 0 Å². The number of benzene rings is 2. The molecule has 136 valence electrons. The molecule has 1 saturated heterocycles. The predicted octanol–water partition coefficient (Wildman–Crippen LogP) is 2.85. The van der Waals surface area contributed by atoms with Crippen molar-refractivity contribution < 1.29 is 9.59 Å². The lowest BCUT2D eigenvalue weighted by Crippen LogP contribution is -2.34. The standard InChI is InChI=1S/C21H25N3O2/c1-23(2)19(16-8-4-3-5-9-16)15-22-21(26)17-10-6-11-18(14-17)24-13-7-12-20(24)25/h3-6,8-11,14,19H,7,12-13,15H2,1-2H3,(H,22,26). The summed E-state index contributed by atoms with van der Waals surface area (Å²) in [6.45, 7) is 1.24. The summed E-state index contributed by atoms with van der Waals surface area (Å²) >= 11 is 0. The SMILES string of the molecule is CN(C)C(CNC(=O)c1cccc(N2CCCC2=O)c1)c1ccccc1. The fourth-order valence-electron chi connectivity index (χ4n) is 3.30. The average Bonchev–Trinajstić information content (AvgIpc) is 3.08. The van der Waals surface area contributed by atoms with Crippen LogP contribution in [0.15, 0.2) is 54.6 Å². The smallest absolute Gasteiger partial charge is 0.251 e. The molecule has 2 amide bonds. The Bertz CT molecular complexity index is 774. The van der Waals surface area contributed by atoms with E-state index in [1.807, 2.05) is 44.4 Å². The Morgan fingerprint density at radius 1 is 1.15 bits per heavy atom. The molecule has 26 heavy (non-hydrogen) atoms. The molecule has 0 radical (unpaired) electrons. The van der Waals surface area contributed by atoms with E-state index in [0.29, 0.717) is 18.5 Å². The summed E-state index contributed by atoms with van der Waals surface area (Å²) in [4.78, 5) is 28.4. The van der Waals surface area contributed by atoms with Crippen molar-refractivity contribution in [2.24, 2.45) is 0 Å². The average molecular weight is 351 g/mol. The van der Waals surface area contributed by atoms with Crippen molar-refractivity contribution in [2.45, 2.75) is 18.9 Å². The van der Waals surface area contributed by atoms with Crippen molar-refractivity contribution in [1.82, 2.24) is 10.2 Å². The Morgan fingerprint density at radius 2 is 1.92 bits per heavy atom. The van der Waals surface area contributed by atoms with Gasteiger partial charge in [-0.2, -0.15) is 0 Å². The van der Waals surface area contributed by atoms with Gasteiger partial charge in [-0.3, -0.25) is 9.59 Å². The summed E-state index contributed by atoms with van der Waals surface area (Å²) < 4.78 is 0. The molecule has 5 nitrogen and oxygen atoms in total. The lowest BCUT2D eigenvalue weighted by molar-refractivity contribution is -0.117. The van der Waals surface area contributed by atoms with E-state index >= 15 is 0 Å². The van der Waals surface area contributed by atoms with Gasteiger partial charge in [0, 0.05) is 30.8 Å². The van der Waals surface area contributed by atoms with E-state index in [4.69, 9.17) is 0 Å². The van der Waals surface area contributed by atoms with Crippen LogP contribution in [0.4, 0.5) is 5.69 Å². The molecule has 2 aromatic rings. The van der Waals surface area contributed by atoms with Crippen LogP contribution < -0.4 is 10.2 Å². The van der Waals surface area contributed by atoms with Crippen molar-refractivity contribution in [3.63, 3.8) is 0 Å². The topological polar surface area (TPSA) is 52.7 Å². The molecule has 1 N–H and O–H groups in total. The second kappa shape index (κ2) is 8.15. The first-order valence-electron chi connectivity index (χ1n) is 8.96. The Morgan fingerprint density at radius 3 is 2.58 bits per heavy atom. The molecule has 1 aliphatic rings. The van der Waals surface area contributed by atoms with E-state index in [9.17, 15) is 9.59 Å². The second-order valence-corrected chi connectivity index (χ2v) is 6.80. The number of amides is 2. The third kappa shape index (κ3) is 4.11. The molecule has 1 atom stereocenters. The van der Waals surface area contributed by atoms with E-state index in [1.165, 1.54) is 0 Å². The zero-order valence-corrected chi connectivity index (χ0v) is 15.3. The third-order valence-corrected chi connectivity index (χ3v) is 4.76. The molecule has 0 bridgehead atoms. The van der Waals surface area contributed by atoms with E-state index in [-0.39, 0.29) is 17.9 Å². The first kappa shape index (κ1) is 18.1. The Hall–Kier alpha value is -2.66. The van der Waals surface area contributed by atoms with Crippen LogP contribution in [0.5, 0.6) is 0 Å². The van der Waals surface area contributed by atoms with Gasteiger partial charge >= 0.3 is 0 Å². The number of carbonyl (C=O) groups excluding carboxylic acids is 2. The summed E-state index contributed by atoms with van der Waals surface area (Å²) in [6.07, 6.45) is 1.45. The number of hydrogen-bond acceptors (Lipinski definition) is 3. The quantitative estimate of drug-likeness (QED) is 0.871. The minimum absolute atomic E-state index is 0.100. The van der Waals surface area contributed by atoms with Crippen LogP contribution in [-0.2, 0) is 4.79 Å². The molecule has 5 heteroatoms. The molecule has 3 rings (SSSR count). The maximum atomic E-state index is 12.6. The first-order chi connectivity index (χ1) is 12.6. The first-order valence-corrected chi connectivity index (χ1v) is 8.96. The molecular formula is C21H25N3O2. The highest BCUT2D eigenvalue weighted by Gasteiger charge is 2.22. The largest absolute Gasteiger partial charge is 0.350 e. The van der Waals surface area contributed by atoms with E-state index in [1.54, 1.807) is 17.0 Å². The van der Waals surface area contributed by atoms with Gasteiger partial charge in [0.2, 0.25) is 5.91 Å². The minimum atomic E-state index is -0.124. The monoisotopic (exact) mass is 351 g/mol. The highest BCUT2D eigenvalue weighted by Crippen LogP contribution is 2.22. The molecule has 1 aliphatic heterocycles. The third-order valence-electron chi connectivity index (χ3n) is 4.76. The van der Waals surface area contributed by atoms with E-state index in [0.717, 1.165) is 24.2 Å². The molecular weight excluding hydrogens is 326 g/mol. The van der Waals surface area contributed by atoms with Gasteiger partial charge in [-0.15, -0.1) is 0 Å². The summed E-state index contributed by atoms with van der Waals surface area (Å²) in [7, 11) is 4.01. The minimum Gasteiger partial charge on any atom is -0.350 e. The lowest BCUT2D eigenvalue weighted by atomic mass is 10.1. The van der Waals surface area contributed by atoms with Gasteiger partial charge in [0.05, 0.1) is 6.04 Å². The number of nitrogens with one attached hydrogen (secondary N) is 1. The molecule has 0 aromatic heterocycles. The zero-order chi connectivity index (χ0) is 18.5. The number of hydrogen-bond donors (Lipinski definition) is 1. The van der Waals surface area contributed by atoms with Gasteiger partial charge in [0.25, 0.3) is 5.91 Å². The number of anilines is 1. The lowest BCUT2D eigenvalue weighted by Gasteiger charge is -2.25. The van der Waals surface area contributed by atoms with E-state index in [2.05, 4.69) is 22.3 Å². The van der Waals surface area contributed by atoms with Gasteiger partial charge < -0.3 is 15.1 Å². The summed E-state index contributed by atoms with van der Waals surface area (Å²) in [6, 6.07) is 17.5. The second-order valence-electron chi connectivity index (χ2n) is 6.80. The highest BCUT2D eigenvalue weighted by atomic mass is 16.2. The highest BCUT2D eigenvalue weighted by molar-refractivity contribution is 5.99. The maximum Gasteiger partial charge on any atom is 0.251 e. The van der Waals surface area contributed by atoms with Crippen molar-refractivity contribution in [3.05, 3.63) is 65.7 Å². The predicted molar refractivity (Wildman–Crippen MR) is 103 cm³/mol. The summed E-state index contributed by atoms with van der Waals surface area (Å²) in [5.74, 6) is 0.000541. The molecule has 2 aromatic carbocycles. The van der Waals surface area contributed by atoms with Gasteiger partial charge in [-0.1, -0.05) is 36.4 Å². The number of likely N-dealkylation sites (N-methyl/N-ethyl adjacent to an activating group) is 1. The Labute approximate surface area is 154 Å². The van der Waals surface area contributed by atoms with Gasteiger partial charge in [-0.25, -0.2) is 0 Å². The van der Waals surface area contributed by atoms with Crippen LogP contribution in [0, 0.1) is 0 Å². The molecule has 1 heterocycles. The fraction of sp³-hybridized carbons (Fsp3) is 0.333. The summed E-state index contributed by atoms with van der Waals surface area (Å²) in [5, 5.41) is 3.02. The van der Waals surface area contributed by atoms with Crippen molar-refractivity contribution in [3.8, 4) is 0 Å². The van der Waals surface area contributed by atoms with Crippen LogP contribution in [0.1, 0.15) is 34.8 Å². The Balaban J connectivity index is 1.69. The van der Waals surface area contributed by atoms with E-state index < -0.39 is 0 Å². The van der Waals surface area contributed by atoms with Crippen molar-refractivity contribution >= 4 is 17.5 Å². The van der Waals surface area contributed by atoms with Crippen LogP contribution in [0.25, 0.3) is 0 Å². The van der Waals surface area contributed by atoms with Crippen LogP contribution in [-0.4, -0.2) is 43.9 Å². The Kier molecular flexibility index (Phi) is 5.68. The number of carbonyl (C=O) groups is 2. The summed E-state index contributed by atoms with van der Waals surface area (Å²) in [5.41, 5.74) is 2.54. The number of rotatable bonds is 6. The maximum absolute atomic E-state index is 12.6. The molecule has 0 aliphatic carbocycles. The van der Waals surface area contributed by atoms with Crippen molar-refractivity contribution in [1.29, 1.82) is 0 Å². The molecule has 0 saturated carbocycles. The van der Waals surface area contributed by atoms with Gasteiger partial charge in [0.1, 0.15) is 0 Å². The molecule has 1 fully saturated rings. The van der Waals surface area contributed by atoms with Crippen LogP contribution in [0.2, 0.25) is 0 Å². The van der Waals surface area contributed by atoms with Gasteiger partial charge in [-0.05, 0) is 44.3 Å². The van der Waals surface area contributed by atoms with Crippen molar-refractivity contribution in [2.75, 3.05) is 32.1 Å². The normalized spacial score (nSPS) is 15.3. The zero-order valence-electron chi connectivity index (χ0n) is 15.3.